The predicted octanol–water partition coefficient (Wildman–Crippen LogP) is 2.51. The molecule has 0 aliphatic heterocycles. The lowest BCUT2D eigenvalue weighted by molar-refractivity contribution is 0.0687. The van der Waals surface area contributed by atoms with Crippen molar-refractivity contribution in [1.82, 2.24) is 19.6 Å². The molecule has 0 bridgehead atoms. The van der Waals surface area contributed by atoms with Gasteiger partial charge in [-0.1, -0.05) is 11.6 Å². The van der Waals surface area contributed by atoms with E-state index in [-0.39, 0.29) is 11.5 Å². The van der Waals surface area contributed by atoms with E-state index in [1.54, 1.807) is 19.1 Å². The Morgan fingerprint density at radius 1 is 1.42 bits per heavy atom. The van der Waals surface area contributed by atoms with Crippen LogP contribution in [0.5, 0.6) is 0 Å². The first kappa shape index (κ1) is 12.1. The molecule has 0 aliphatic carbocycles. The summed E-state index contributed by atoms with van der Waals surface area (Å²) in [6, 6.07) is 5.00. The summed E-state index contributed by atoms with van der Waals surface area (Å²) in [4.78, 5) is 20.5. The molecule has 3 rings (SSSR count). The molecule has 3 aromatic heterocycles. The number of hydrogen-bond acceptors (Lipinski definition) is 5. The van der Waals surface area contributed by atoms with E-state index in [9.17, 15) is 9.90 Å². The SMILES string of the molecule is Cc1nc2nc(-c3ccc(Cl)s3)cc(C(=O)O)n2n1. The van der Waals surface area contributed by atoms with Crippen LogP contribution in [0, 0.1) is 6.92 Å². The van der Waals surface area contributed by atoms with Crippen molar-refractivity contribution in [3.63, 3.8) is 0 Å². The van der Waals surface area contributed by atoms with E-state index in [0.29, 0.717) is 15.9 Å². The van der Waals surface area contributed by atoms with Gasteiger partial charge >= 0.3 is 5.97 Å². The van der Waals surface area contributed by atoms with Gasteiger partial charge in [0.2, 0.25) is 0 Å². The molecule has 0 spiro atoms. The van der Waals surface area contributed by atoms with Crippen molar-refractivity contribution in [2.24, 2.45) is 0 Å². The van der Waals surface area contributed by atoms with Crippen LogP contribution < -0.4 is 0 Å². The average molecular weight is 295 g/mol. The van der Waals surface area contributed by atoms with Gasteiger partial charge in [0.15, 0.2) is 5.69 Å². The summed E-state index contributed by atoms with van der Waals surface area (Å²) in [7, 11) is 0. The van der Waals surface area contributed by atoms with Crippen LogP contribution in [0.25, 0.3) is 16.3 Å². The van der Waals surface area contributed by atoms with Gasteiger partial charge in [-0.2, -0.15) is 9.50 Å². The first-order valence-electron chi connectivity index (χ1n) is 5.28. The number of carboxylic acid groups (broad SMARTS) is 1. The first-order chi connectivity index (χ1) is 9.04. The Kier molecular flexibility index (Phi) is 2.72. The number of fused-ring (bicyclic) bond motifs is 1. The second-order valence-corrected chi connectivity index (χ2v) is 5.52. The van der Waals surface area contributed by atoms with Gasteiger partial charge in [-0.15, -0.1) is 16.4 Å². The van der Waals surface area contributed by atoms with Crippen LogP contribution in [0.4, 0.5) is 0 Å². The van der Waals surface area contributed by atoms with Crippen LogP contribution in [-0.4, -0.2) is 30.7 Å². The van der Waals surface area contributed by atoms with E-state index in [2.05, 4.69) is 15.1 Å². The quantitative estimate of drug-likeness (QED) is 0.785. The Labute approximate surface area is 116 Å². The van der Waals surface area contributed by atoms with Gasteiger partial charge in [0.25, 0.3) is 5.78 Å². The van der Waals surface area contributed by atoms with Gasteiger partial charge in [-0.05, 0) is 25.1 Å². The van der Waals surface area contributed by atoms with Crippen molar-refractivity contribution >= 4 is 34.7 Å². The number of hydrogen-bond donors (Lipinski definition) is 1. The molecule has 0 amide bonds. The fourth-order valence-electron chi connectivity index (χ4n) is 1.70. The molecule has 0 saturated heterocycles. The molecule has 3 heterocycles. The van der Waals surface area contributed by atoms with Gasteiger partial charge in [0.1, 0.15) is 5.82 Å². The maximum atomic E-state index is 11.3. The summed E-state index contributed by atoms with van der Waals surface area (Å²) >= 11 is 7.21. The van der Waals surface area contributed by atoms with Crippen LogP contribution in [-0.2, 0) is 0 Å². The third-order valence-electron chi connectivity index (χ3n) is 2.46. The minimum Gasteiger partial charge on any atom is -0.477 e. The average Bonchev–Trinajstić information content (AvgIpc) is 2.92. The van der Waals surface area contributed by atoms with Crippen LogP contribution in [0.15, 0.2) is 18.2 Å². The highest BCUT2D eigenvalue weighted by molar-refractivity contribution is 7.19. The number of halogens is 1. The second kappa shape index (κ2) is 4.29. The van der Waals surface area contributed by atoms with E-state index >= 15 is 0 Å². The van der Waals surface area contributed by atoms with E-state index in [0.717, 1.165) is 4.88 Å². The zero-order valence-corrected chi connectivity index (χ0v) is 11.2. The lowest BCUT2D eigenvalue weighted by Crippen LogP contribution is -2.08. The van der Waals surface area contributed by atoms with Crippen molar-refractivity contribution in [3.8, 4) is 10.6 Å². The van der Waals surface area contributed by atoms with Crippen LogP contribution in [0.3, 0.4) is 0 Å². The Balaban J connectivity index is 2.29. The minimum atomic E-state index is -1.08. The Morgan fingerprint density at radius 3 is 2.84 bits per heavy atom. The monoisotopic (exact) mass is 294 g/mol. The molecule has 1 N–H and O–H groups in total. The molecule has 19 heavy (non-hydrogen) atoms. The maximum absolute atomic E-state index is 11.3. The van der Waals surface area contributed by atoms with E-state index < -0.39 is 5.97 Å². The summed E-state index contributed by atoms with van der Waals surface area (Å²) in [5, 5.41) is 13.2. The van der Waals surface area contributed by atoms with Crippen LogP contribution in [0.1, 0.15) is 16.3 Å². The van der Waals surface area contributed by atoms with Crippen molar-refractivity contribution in [2.45, 2.75) is 6.92 Å². The highest BCUT2D eigenvalue weighted by atomic mass is 35.5. The van der Waals surface area contributed by atoms with Gasteiger partial charge in [-0.3, -0.25) is 0 Å². The number of aryl methyl sites for hydroxylation is 1. The Bertz CT molecular complexity index is 795. The first-order valence-corrected chi connectivity index (χ1v) is 6.47. The summed E-state index contributed by atoms with van der Waals surface area (Å²) < 4.78 is 1.84. The third-order valence-corrected chi connectivity index (χ3v) is 3.72. The lowest BCUT2D eigenvalue weighted by atomic mass is 10.3. The summed E-state index contributed by atoms with van der Waals surface area (Å²) in [5.74, 6) is -0.352. The van der Waals surface area contributed by atoms with Gasteiger partial charge in [0, 0.05) is 0 Å². The van der Waals surface area contributed by atoms with Crippen LogP contribution >= 0.6 is 22.9 Å². The number of thiophene rings is 1. The normalized spacial score (nSPS) is 11.1. The lowest BCUT2D eigenvalue weighted by Gasteiger charge is -2.01. The molecule has 0 saturated carbocycles. The molecule has 8 heteroatoms. The number of rotatable bonds is 2. The molecular formula is C11H7ClN4O2S. The largest absolute Gasteiger partial charge is 0.477 e. The predicted molar refractivity (Wildman–Crippen MR) is 70.8 cm³/mol. The molecule has 3 aromatic rings. The molecule has 0 fully saturated rings. The number of aromatic carboxylic acids is 1. The molecule has 0 aromatic carbocycles. The minimum absolute atomic E-state index is 0.0186. The molecule has 0 radical (unpaired) electrons. The maximum Gasteiger partial charge on any atom is 0.354 e. The standard InChI is InChI=1S/C11H7ClN4O2S/c1-5-13-11-14-6(8-2-3-9(12)19-8)4-7(10(17)18)16(11)15-5/h2-4H,1H3,(H,17,18). The van der Waals surface area contributed by atoms with Crippen LogP contribution in [0.2, 0.25) is 4.34 Å². The summed E-state index contributed by atoms with van der Waals surface area (Å²) in [5.41, 5.74) is 0.541. The fraction of sp³-hybridized carbons (Fsp3) is 0.0909. The highest BCUT2D eigenvalue weighted by Gasteiger charge is 2.16. The Hall–Kier alpha value is -1.99. The Morgan fingerprint density at radius 2 is 2.21 bits per heavy atom. The highest BCUT2D eigenvalue weighted by Crippen LogP contribution is 2.30. The molecular weight excluding hydrogens is 288 g/mol. The molecule has 0 aliphatic rings. The zero-order valence-electron chi connectivity index (χ0n) is 9.66. The molecule has 96 valence electrons. The van der Waals surface area contributed by atoms with E-state index in [1.807, 2.05) is 0 Å². The second-order valence-electron chi connectivity index (χ2n) is 3.81. The number of carboxylic acids is 1. The molecule has 0 unspecified atom stereocenters. The van der Waals surface area contributed by atoms with Gasteiger partial charge < -0.3 is 5.11 Å². The molecule has 0 atom stereocenters. The van der Waals surface area contributed by atoms with Crippen molar-refractivity contribution < 1.29 is 9.90 Å². The third kappa shape index (κ3) is 2.06. The topological polar surface area (TPSA) is 80.4 Å². The fourth-order valence-corrected chi connectivity index (χ4v) is 2.70. The molecule has 6 nitrogen and oxygen atoms in total. The van der Waals surface area contributed by atoms with Gasteiger partial charge in [-0.25, -0.2) is 9.78 Å². The van der Waals surface area contributed by atoms with Crippen molar-refractivity contribution in [3.05, 3.63) is 34.1 Å². The number of aromatic nitrogens is 4. The van der Waals surface area contributed by atoms with E-state index in [4.69, 9.17) is 11.6 Å². The number of nitrogens with zero attached hydrogens (tertiary/aromatic N) is 4. The van der Waals surface area contributed by atoms with E-state index in [1.165, 1.54) is 21.9 Å². The van der Waals surface area contributed by atoms with Crippen molar-refractivity contribution in [1.29, 1.82) is 0 Å². The smallest absolute Gasteiger partial charge is 0.354 e. The van der Waals surface area contributed by atoms with Gasteiger partial charge in [0.05, 0.1) is 14.9 Å². The zero-order chi connectivity index (χ0) is 13.6. The summed E-state index contributed by atoms with van der Waals surface area (Å²) in [6.07, 6.45) is 0. The van der Waals surface area contributed by atoms with Crippen molar-refractivity contribution in [2.75, 3.05) is 0 Å². The summed E-state index contributed by atoms with van der Waals surface area (Å²) in [6.45, 7) is 1.68. The number of carbonyl (C=O) groups is 1.